The predicted molar refractivity (Wildman–Crippen MR) is 109 cm³/mol. The Morgan fingerprint density at radius 1 is 1.25 bits per heavy atom. The first-order valence-corrected chi connectivity index (χ1v) is 9.41. The Bertz CT molecular complexity index is 992. The summed E-state index contributed by atoms with van der Waals surface area (Å²) in [6.07, 6.45) is 3.19. The molecular formula is C21H19NO5S. The lowest BCUT2D eigenvalue weighted by Crippen LogP contribution is -2.00. The molecule has 144 valence electrons. The minimum atomic E-state index is -1.07. The number of rotatable bonds is 9. The number of para-hydroxylation sites is 2. The van der Waals surface area contributed by atoms with E-state index in [9.17, 15) is 9.90 Å². The smallest absolute Gasteiger partial charge is 0.342 e. The van der Waals surface area contributed by atoms with Gasteiger partial charge in [0.25, 0.3) is 5.22 Å². The van der Waals surface area contributed by atoms with Crippen molar-refractivity contribution >= 4 is 34.9 Å². The number of aromatic nitrogens is 1. The summed E-state index contributed by atoms with van der Waals surface area (Å²) in [6.45, 7) is 6.30. The average molecular weight is 397 g/mol. The number of thioether (sulfide) groups is 1. The normalized spacial score (nSPS) is 11.4. The van der Waals surface area contributed by atoms with Crippen molar-refractivity contribution in [2.45, 2.75) is 12.1 Å². The van der Waals surface area contributed by atoms with E-state index in [1.54, 1.807) is 36.4 Å². The van der Waals surface area contributed by atoms with Crippen LogP contribution in [0.4, 0.5) is 0 Å². The first-order valence-electron chi connectivity index (χ1n) is 8.59. The van der Waals surface area contributed by atoms with Crippen LogP contribution in [0, 0.1) is 0 Å². The van der Waals surface area contributed by atoms with E-state index >= 15 is 0 Å². The summed E-state index contributed by atoms with van der Waals surface area (Å²) in [5.74, 6) is 0.0364. The molecule has 0 spiro atoms. The summed E-state index contributed by atoms with van der Waals surface area (Å²) in [6, 6.07) is 12.5. The number of aliphatic carboxylic acids is 1. The Hall–Kier alpha value is -3.19. The Morgan fingerprint density at radius 2 is 2.07 bits per heavy atom. The zero-order chi connectivity index (χ0) is 19.9. The second-order valence-corrected chi connectivity index (χ2v) is 6.60. The van der Waals surface area contributed by atoms with E-state index in [-0.39, 0.29) is 10.1 Å². The van der Waals surface area contributed by atoms with Crippen molar-refractivity contribution in [2.75, 3.05) is 13.2 Å². The topological polar surface area (TPSA) is 81.8 Å². The van der Waals surface area contributed by atoms with Gasteiger partial charge in [-0.15, -0.1) is 0 Å². The molecule has 0 aliphatic rings. The Kier molecular flexibility index (Phi) is 6.39. The van der Waals surface area contributed by atoms with Crippen molar-refractivity contribution in [3.63, 3.8) is 0 Å². The van der Waals surface area contributed by atoms with Gasteiger partial charge in [0.15, 0.2) is 17.1 Å². The number of carboxylic acids is 1. The van der Waals surface area contributed by atoms with Crippen LogP contribution in [0.2, 0.25) is 0 Å². The van der Waals surface area contributed by atoms with Crippen molar-refractivity contribution < 1.29 is 23.8 Å². The molecule has 1 aromatic heterocycles. The molecule has 28 heavy (non-hydrogen) atoms. The van der Waals surface area contributed by atoms with Crippen molar-refractivity contribution in [2.24, 2.45) is 0 Å². The van der Waals surface area contributed by atoms with E-state index in [1.165, 1.54) is 0 Å². The van der Waals surface area contributed by atoms with Crippen LogP contribution < -0.4 is 9.47 Å². The van der Waals surface area contributed by atoms with E-state index in [1.807, 2.05) is 25.1 Å². The summed E-state index contributed by atoms with van der Waals surface area (Å²) in [7, 11) is 0. The molecule has 3 aromatic rings. The zero-order valence-corrected chi connectivity index (χ0v) is 16.1. The molecule has 7 heteroatoms. The number of benzene rings is 2. The summed E-state index contributed by atoms with van der Waals surface area (Å²) in [5.41, 5.74) is 1.95. The Labute approximate surface area is 166 Å². The molecule has 0 radical (unpaired) electrons. The zero-order valence-electron chi connectivity index (χ0n) is 15.3. The van der Waals surface area contributed by atoms with Crippen molar-refractivity contribution in [1.29, 1.82) is 0 Å². The lowest BCUT2D eigenvalue weighted by Gasteiger charge is -2.11. The molecule has 0 saturated carbocycles. The van der Waals surface area contributed by atoms with Gasteiger partial charge < -0.3 is 19.0 Å². The summed E-state index contributed by atoms with van der Waals surface area (Å²) < 4.78 is 16.8. The number of fused-ring (bicyclic) bond motifs is 1. The number of oxazole rings is 1. The molecular weight excluding hydrogens is 378 g/mol. The quantitative estimate of drug-likeness (QED) is 0.309. The molecule has 0 fully saturated rings. The van der Waals surface area contributed by atoms with Crippen LogP contribution >= 0.6 is 11.8 Å². The SMILES string of the molecule is C=CCOc1ccc(/C=C(\Sc2nc3ccccc3o2)C(=O)O)cc1OCC. The van der Waals surface area contributed by atoms with Crippen LogP contribution in [0.25, 0.3) is 17.2 Å². The Balaban J connectivity index is 1.89. The monoisotopic (exact) mass is 397 g/mol. The van der Waals surface area contributed by atoms with E-state index in [0.717, 1.165) is 11.8 Å². The maximum Gasteiger partial charge on any atom is 0.342 e. The third kappa shape index (κ3) is 4.75. The van der Waals surface area contributed by atoms with Gasteiger partial charge in [-0.1, -0.05) is 30.9 Å². The van der Waals surface area contributed by atoms with Gasteiger partial charge >= 0.3 is 5.97 Å². The molecule has 0 saturated heterocycles. The number of carbonyl (C=O) groups is 1. The predicted octanol–water partition coefficient (Wildman–Crippen LogP) is 5.01. The van der Waals surface area contributed by atoms with Gasteiger partial charge in [0.1, 0.15) is 17.0 Å². The molecule has 1 N–H and O–H groups in total. The maximum atomic E-state index is 11.7. The number of hydrogen-bond acceptors (Lipinski definition) is 6. The highest BCUT2D eigenvalue weighted by molar-refractivity contribution is 8.03. The molecule has 2 aromatic carbocycles. The molecule has 0 bridgehead atoms. The highest BCUT2D eigenvalue weighted by Crippen LogP contribution is 2.33. The number of hydrogen-bond donors (Lipinski definition) is 1. The second-order valence-electron chi connectivity index (χ2n) is 5.60. The molecule has 0 aliphatic heterocycles. The first-order chi connectivity index (χ1) is 13.6. The van der Waals surface area contributed by atoms with Gasteiger partial charge in [0, 0.05) is 0 Å². The molecule has 0 atom stereocenters. The minimum absolute atomic E-state index is 0.0776. The van der Waals surface area contributed by atoms with Crippen molar-refractivity contribution in [3.05, 3.63) is 65.6 Å². The standard InChI is InChI=1S/C21H19NO5S/c1-3-11-26-17-10-9-14(12-18(17)25-4-2)13-19(20(23)24)28-21-22-15-7-5-6-8-16(15)27-21/h3,5-10,12-13H,1,4,11H2,2H3,(H,23,24)/b19-13-. The first kappa shape index (κ1) is 19.6. The third-order valence-corrected chi connectivity index (χ3v) is 4.47. The minimum Gasteiger partial charge on any atom is -0.490 e. The molecule has 6 nitrogen and oxygen atoms in total. The molecule has 0 amide bonds. The highest BCUT2D eigenvalue weighted by Gasteiger charge is 2.15. The number of nitrogens with zero attached hydrogens (tertiary/aromatic N) is 1. The lowest BCUT2D eigenvalue weighted by molar-refractivity contribution is -0.131. The van der Waals surface area contributed by atoms with Gasteiger partial charge in [0.2, 0.25) is 0 Å². The molecule has 0 unspecified atom stereocenters. The van der Waals surface area contributed by atoms with Gasteiger partial charge in [-0.05, 0) is 54.6 Å². The van der Waals surface area contributed by atoms with Crippen LogP contribution in [0.3, 0.4) is 0 Å². The summed E-state index contributed by atoms with van der Waals surface area (Å²) in [4.78, 5) is 16.1. The van der Waals surface area contributed by atoms with Crippen molar-refractivity contribution in [3.8, 4) is 11.5 Å². The van der Waals surface area contributed by atoms with E-state index in [0.29, 0.717) is 41.4 Å². The largest absolute Gasteiger partial charge is 0.490 e. The second kappa shape index (κ2) is 9.14. The fourth-order valence-electron chi connectivity index (χ4n) is 2.43. The van der Waals surface area contributed by atoms with Gasteiger partial charge in [0.05, 0.1) is 6.61 Å². The lowest BCUT2D eigenvalue weighted by atomic mass is 10.2. The van der Waals surface area contributed by atoms with E-state index in [4.69, 9.17) is 13.9 Å². The van der Waals surface area contributed by atoms with Crippen LogP contribution in [0.5, 0.6) is 11.5 Å². The number of carboxylic acid groups (broad SMARTS) is 1. The van der Waals surface area contributed by atoms with Crippen LogP contribution in [-0.2, 0) is 4.79 Å². The Morgan fingerprint density at radius 3 is 2.79 bits per heavy atom. The van der Waals surface area contributed by atoms with E-state index < -0.39 is 5.97 Å². The average Bonchev–Trinajstić information content (AvgIpc) is 3.09. The molecule has 3 rings (SSSR count). The fourth-order valence-corrected chi connectivity index (χ4v) is 3.17. The summed E-state index contributed by atoms with van der Waals surface area (Å²) in [5, 5.41) is 9.86. The van der Waals surface area contributed by atoms with Gasteiger partial charge in [-0.3, -0.25) is 0 Å². The molecule has 1 heterocycles. The number of ether oxygens (including phenoxy) is 2. The molecule has 0 aliphatic carbocycles. The van der Waals surface area contributed by atoms with Crippen molar-refractivity contribution in [1.82, 2.24) is 4.98 Å². The highest BCUT2D eigenvalue weighted by atomic mass is 32.2. The van der Waals surface area contributed by atoms with Crippen LogP contribution in [0.15, 0.2) is 69.7 Å². The summed E-state index contributed by atoms with van der Waals surface area (Å²) >= 11 is 0.953. The fraction of sp³-hybridized carbons (Fsp3) is 0.143. The van der Waals surface area contributed by atoms with E-state index in [2.05, 4.69) is 11.6 Å². The third-order valence-electron chi connectivity index (χ3n) is 3.60. The van der Waals surface area contributed by atoms with Gasteiger partial charge in [-0.2, -0.15) is 0 Å². The maximum absolute atomic E-state index is 11.7. The van der Waals surface area contributed by atoms with Gasteiger partial charge in [-0.25, -0.2) is 9.78 Å². The van der Waals surface area contributed by atoms with Crippen LogP contribution in [-0.4, -0.2) is 29.3 Å². The van der Waals surface area contributed by atoms with Crippen LogP contribution in [0.1, 0.15) is 12.5 Å².